The van der Waals surface area contributed by atoms with Crippen LogP contribution in [-0.2, 0) is 0 Å². The van der Waals surface area contributed by atoms with E-state index in [4.69, 9.17) is 0 Å². The molecular weight excluding hydrogens is 408 g/mol. The molecular formula is C34H64. The molecule has 0 saturated heterocycles. The van der Waals surface area contributed by atoms with Crippen molar-refractivity contribution < 1.29 is 0 Å². The van der Waals surface area contributed by atoms with Crippen molar-refractivity contribution in [3.05, 3.63) is 48.6 Å². The summed E-state index contributed by atoms with van der Waals surface area (Å²) in [5, 5.41) is 0. The molecule has 0 spiro atoms. The van der Waals surface area contributed by atoms with Gasteiger partial charge in [-0.05, 0) is 35.5 Å². The number of hydrogen-bond donors (Lipinski definition) is 0. The van der Waals surface area contributed by atoms with Gasteiger partial charge >= 0.3 is 0 Å². The van der Waals surface area contributed by atoms with Crippen LogP contribution in [0.1, 0.15) is 111 Å². The highest BCUT2D eigenvalue weighted by atomic mass is 13.9. The van der Waals surface area contributed by atoms with Gasteiger partial charge in [0.25, 0.3) is 0 Å². The molecule has 0 saturated carbocycles. The first-order valence-electron chi connectivity index (χ1n) is 13.7. The monoisotopic (exact) mass is 473 g/mol. The first-order chi connectivity index (χ1) is 15.5. The van der Waals surface area contributed by atoms with Crippen LogP contribution in [0.4, 0.5) is 0 Å². The summed E-state index contributed by atoms with van der Waals surface area (Å²) in [6, 6.07) is 0. The van der Waals surface area contributed by atoms with Gasteiger partial charge in [0.2, 0.25) is 0 Å². The average molecular weight is 473 g/mol. The van der Waals surface area contributed by atoms with Gasteiger partial charge in [-0.25, -0.2) is 0 Å². The van der Waals surface area contributed by atoms with E-state index in [1.165, 1.54) is 0 Å². The Morgan fingerprint density at radius 1 is 0.294 bits per heavy atom. The van der Waals surface area contributed by atoms with Crippen molar-refractivity contribution in [2.24, 2.45) is 47.3 Å². The van der Waals surface area contributed by atoms with Crippen LogP contribution in [0.2, 0.25) is 0 Å². The summed E-state index contributed by atoms with van der Waals surface area (Å²) in [4.78, 5) is 0. The summed E-state index contributed by atoms with van der Waals surface area (Å²) < 4.78 is 0. The first kappa shape index (κ1) is 39.7. The van der Waals surface area contributed by atoms with E-state index in [0.717, 1.165) is 0 Å². The maximum atomic E-state index is 3.09. The van der Waals surface area contributed by atoms with Gasteiger partial charge in [-0.15, -0.1) is 11.8 Å². The van der Waals surface area contributed by atoms with Gasteiger partial charge in [0.1, 0.15) is 0 Å². The minimum absolute atomic E-state index is 0.525. The summed E-state index contributed by atoms with van der Waals surface area (Å²) in [6.45, 7) is 34.7. The highest BCUT2D eigenvalue weighted by Crippen LogP contribution is 2.00. The normalized spacial score (nSPS) is 11.8. The van der Waals surface area contributed by atoms with Crippen molar-refractivity contribution in [2.75, 3.05) is 0 Å². The fourth-order valence-electron chi connectivity index (χ4n) is 1.79. The second-order valence-corrected chi connectivity index (χ2v) is 11.6. The van der Waals surface area contributed by atoms with Gasteiger partial charge in [0, 0.05) is 11.8 Å². The Morgan fingerprint density at radius 3 is 0.588 bits per heavy atom. The molecule has 0 unspecified atom stereocenters. The predicted octanol–water partition coefficient (Wildman–Crippen LogP) is 11.4. The number of hydrogen-bond acceptors (Lipinski definition) is 0. The Balaban J connectivity index is -0.000000177. The molecule has 0 fully saturated rings. The Hall–Kier alpha value is -1.48. The Labute approximate surface area is 218 Å². The van der Waals surface area contributed by atoms with E-state index in [1.54, 1.807) is 0 Å². The number of allylic oxidation sites excluding steroid dienone is 8. The Kier molecular flexibility index (Phi) is 32.4. The molecule has 0 aliphatic carbocycles. The molecule has 0 aromatic carbocycles. The van der Waals surface area contributed by atoms with E-state index >= 15 is 0 Å². The number of rotatable bonds is 7. The molecule has 0 aliphatic rings. The molecule has 200 valence electrons. The van der Waals surface area contributed by atoms with Crippen molar-refractivity contribution in [2.45, 2.75) is 111 Å². The summed E-state index contributed by atoms with van der Waals surface area (Å²) in [7, 11) is 0. The van der Waals surface area contributed by atoms with E-state index in [0.29, 0.717) is 47.3 Å². The molecule has 0 radical (unpaired) electrons. The van der Waals surface area contributed by atoms with Gasteiger partial charge in [-0.3, -0.25) is 0 Å². The lowest BCUT2D eigenvalue weighted by molar-refractivity contribution is 0.780. The van der Waals surface area contributed by atoms with Crippen LogP contribution in [0.5, 0.6) is 0 Å². The fraction of sp³-hybridized carbons (Fsp3) is 0.706. The quantitative estimate of drug-likeness (QED) is 0.196. The zero-order valence-electron chi connectivity index (χ0n) is 26.2. The molecule has 0 aromatic rings. The fourth-order valence-corrected chi connectivity index (χ4v) is 1.79. The van der Waals surface area contributed by atoms with Crippen LogP contribution in [0.25, 0.3) is 0 Å². The van der Waals surface area contributed by atoms with Crippen molar-refractivity contribution >= 4 is 0 Å². The third-order valence-electron chi connectivity index (χ3n) is 3.53. The second kappa shape index (κ2) is 27.8. The predicted molar refractivity (Wildman–Crippen MR) is 163 cm³/mol. The lowest BCUT2D eigenvalue weighted by Gasteiger charge is -1.95. The molecule has 0 amide bonds. The molecule has 0 N–H and O–H groups in total. The highest BCUT2D eigenvalue weighted by molar-refractivity contribution is 5.04. The lowest BCUT2D eigenvalue weighted by Crippen LogP contribution is -1.82. The first-order valence-corrected chi connectivity index (χ1v) is 13.7. The van der Waals surface area contributed by atoms with Crippen molar-refractivity contribution in [1.29, 1.82) is 0 Å². The van der Waals surface area contributed by atoms with Crippen molar-refractivity contribution in [3.63, 3.8) is 0 Å². The van der Waals surface area contributed by atoms with Gasteiger partial charge < -0.3 is 0 Å². The third-order valence-corrected chi connectivity index (χ3v) is 3.53. The van der Waals surface area contributed by atoms with Crippen LogP contribution >= 0.6 is 0 Å². The van der Waals surface area contributed by atoms with Crippen molar-refractivity contribution in [1.82, 2.24) is 0 Å². The lowest BCUT2D eigenvalue weighted by atomic mass is 10.1. The summed E-state index contributed by atoms with van der Waals surface area (Å²) in [6.07, 6.45) is 17.6. The molecule has 0 atom stereocenters. The van der Waals surface area contributed by atoms with E-state index in [1.807, 2.05) is 0 Å². The minimum Gasteiger partial charge on any atom is -0.100 e. The Morgan fingerprint density at radius 2 is 0.471 bits per heavy atom. The van der Waals surface area contributed by atoms with Gasteiger partial charge in [-0.1, -0.05) is 159 Å². The molecule has 34 heavy (non-hydrogen) atoms. The average Bonchev–Trinajstić information content (AvgIpc) is 2.68. The van der Waals surface area contributed by atoms with Crippen LogP contribution in [0.3, 0.4) is 0 Å². The van der Waals surface area contributed by atoms with Gasteiger partial charge in [0.05, 0.1) is 0 Å². The van der Waals surface area contributed by atoms with E-state index in [-0.39, 0.29) is 0 Å². The maximum absolute atomic E-state index is 3.09. The molecule has 0 heterocycles. The molecule has 0 rings (SSSR count). The zero-order valence-corrected chi connectivity index (χ0v) is 26.2. The van der Waals surface area contributed by atoms with Crippen molar-refractivity contribution in [3.8, 4) is 11.8 Å². The van der Waals surface area contributed by atoms with E-state index in [2.05, 4.69) is 171 Å². The smallest absolute Gasteiger partial charge is 0.0146 e. The molecule has 0 aromatic heterocycles. The Bertz CT molecular complexity index is 491. The molecule has 0 bridgehead atoms. The van der Waals surface area contributed by atoms with Crippen LogP contribution < -0.4 is 0 Å². The minimum atomic E-state index is 0.525. The maximum Gasteiger partial charge on any atom is 0.0146 e. The molecule has 0 aliphatic heterocycles. The largest absolute Gasteiger partial charge is 0.100 e. The van der Waals surface area contributed by atoms with Crippen LogP contribution in [-0.4, -0.2) is 0 Å². The van der Waals surface area contributed by atoms with Crippen LogP contribution in [0, 0.1) is 59.2 Å². The highest BCUT2D eigenvalue weighted by Gasteiger charge is 1.86. The van der Waals surface area contributed by atoms with Gasteiger partial charge in [-0.2, -0.15) is 0 Å². The van der Waals surface area contributed by atoms with E-state index in [9.17, 15) is 0 Å². The third kappa shape index (κ3) is 63.2. The zero-order chi connectivity index (χ0) is 27.7. The topological polar surface area (TPSA) is 0 Å². The molecule has 0 heteroatoms. The SMILES string of the molecule is CC(C)/C=C/C(C)C.CC(C)/C=C/C=C/C(C)C.CC(C)/C=C\C(C)C.CC(C)C#CC(C)C. The summed E-state index contributed by atoms with van der Waals surface area (Å²) >= 11 is 0. The van der Waals surface area contributed by atoms with E-state index < -0.39 is 0 Å². The summed E-state index contributed by atoms with van der Waals surface area (Å²) in [5.74, 6) is 11.4. The summed E-state index contributed by atoms with van der Waals surface area (Å²) in [5.41, 5.74) is 0. The molecule has 0 nitrogen and oxygen atoms in total. The van der Waals surface area contributed by atoms with Crippen LogP contribution in [0.15, 0.2) is 48.6 Å². The standard InChI is InChI=1S/C10H18.2C8H16.C8H14/c1-9(2)7-5-6-8-10(3)4;3*1-7(2)5-6-8(3)4/h5-10H,1-4H3;2*5-8H,1-4H3;7-8H,1-4H3/b7-5+,8-6+;6-5+;6-5-;. The van der Waals surface area contributed by atoms with Gasteiger partial charge in [0.15, 0.2) is 0 Å². The second-order valence-electron chi connectivity index (χ2n) is 11.6.